The highest BCUT2D eigenvalue weighted by atomic mass is 14.9. The zero-order valence-electron chi connectivity index (χ0n) is 8.51. The lowest BCUT2D eigenvalue weighted by Gasteiger charge is -2.02. The molecule has 0 unspecified atom stereocenters. The summed E-state index contributed by atoms with van der Waals surface area (Å²) in [6, 6.07) is 5.73. The second-order valence-electron chi connectivity index (χ2n) is 3.36. The van der Waals surface area contributed by atoms with Gasteiger partial charge in [-0.1, -0.05) is 0 Å². The van der Waals surface area contributed by atoms with Gasteiger partial charge in [-0.25, -0.2) is 9.97 Å². The second-order valence-corrected chi connectivity index (χ2v) is 3.36. The number of nitrogens with two attached hydrogens (primary N) is 1. The second kappa shape index (κ2) is 4.04. The number of aromatic nitrogens is 3. The van der Waals surface area contributed by atoms with E-state index in [1.165, 1.54) is 5.56 Å². The van der Waals surface area contributed by atoms with Gasteiger partial charge < -0.3 is 5.73 Å². The monoisotopic (exact) mass is 200 g/mol. The minimum absolute atomic E-state index is 0.520. The summed E-state index contributed by atoms with van der Waals surface area (Å²) in [5.74, 6) is 1.23. The van der Waals surface area contributed by atoms with Gasteiger partial charge in [0.2, 0.25) is 0 Å². The SMILES string of the molecule is Cc1nc(N)cc(Cc2ccncc2)n1. The smallest absolute Gasteiger partial charge is 0.127 e. The summed E-state index contributed by atoms with van der Waals surface area (Å²) in [5, 5.41) is 0. The number of nitrogens with zero attached hydrogens (tertiary/aromatic N) is 3. The van der Waals surface area contributed by atoms with Crippen molar-refractivity contribution in [2.45, 2.75) is 13.3 Å². The van der Waals surface area contributed by atoms with E-state index in [4.69, 9.17) is 5.73 Å². The van der Waals surface area contributed by atoms with Crippen molar-refractivity contribution in [3.8, 4) is 0 Å². The number of hydrogen-bond acceptors (Lipinski definition) is 4. The van der Waals surface area contributed by atoms with Crippen LogP contribution in [0.5, 0.6) is 0 Å². The molecular formula is C11H12N4. The van der Waals surface area contributed by atoms with E-state index in [0.29, 0.717) is 11.6 Å². The van der Waals surface area contributed by atoms with Crippen LogP contribution in [0.4, 0.5) is 5.82 Å². The van der Waals surface area contributed by atoms with Gasteiger partial charge in [0.25, 0.3) is 0 Å². The molecule has 2 aromatic heterocycles. The van der Waals surface area contributed by atoms with E-state index in [1.807, 2.05) is 19.1 Å². The first-order chi connectivity index (χ1) is 7.24. The molecule has 0 saturated carbocycles. The Balaban J connectivity index is 2.25. The summed E-state index contributed by atoms with van der Waals surface area (Å²) in [6.45, 7) is 1.84. The average Bonchev–Trinajstić information content (AvgIpc) is 2.17. The molecule has 2 heterocycles. The maximum absolute atomic E-state index is 5.65. The molecule has 0 bridgehead atoms. The summed E-state index contributed by atoms with van der Waals surface area (Å²) in [7, 11) is 0. The molecular weight excluding hydrogens is 188 g/mol. The van der Waals surface area contributed by atoms with Crippen LogP contribution in [0, 0.1) is 6.92 Å². The largest absolute Gasteiger partial charge is 0.384 e. The molecule has 2 rings (SSSR count). The summed E-state index contributed by atoms with van der Waals surface area (Å²) in [4.78, 5) is 12.3. The van der Waals surface area contributed by atoms with Crippen molar-refractivity contribution in [3.63, 3.8) is 0 Å². The molecule has 4 nitrogen and oxygen atoms in total. The lowest BCUT2D eigenvalue weighted by Crippen LogP contribution is -2.00. The molecule has 0 aliphatic heterocycles. The van der Waals surface area contributed by atoms with Gasteiger partial charge in [0.15, 0.2) is 0 Å². The van der Waals surface area contributed by atoms with Gasteiger partial charge in [-0.2, -0.15) is 0 Å². The average molecular weight is 200 g/mol. The molecule has 76 valence electrons. The van der Waals surface area contributed by atoms with Crippen molar-refractivity contribution >= 4 is 5.82 Å². The molecule has 0 fully saturated rings. The van der Waals surface area contributed by atoms with Gasteiger partial charge in [0, 0.05) is 24.9 Å². The number of aryl methyl sites for hydroxylation is 1. The van der Waals surface area contributed by atoms with Crippen LogP contribution in [0.2, 0.25) is 0 Å². The van der Waals surface area contributed by atoms with Gasteiger partial charge in [0.1, 0.15) is 11.6 Å². The topological polar surface area (TPSA) is 64.7 Å². The van der Waals surface area contributed by atoms with Crippen molar-refractivity contribution in [1.29, 1.82) is 0 Å². The Morgan fingerprint density at radius 3 is 2.60 bits per heavy atom. The van der Waals surface area contributed by atoms with Crippen LogP contribution in [0.15, 0.2) is 30.6 Å². The predicted molar refractivity (Wildman–Crippen MR) is 58.2 cm³/mol. The van der Waals surface area contributed by atoms with Gasteiger partial charge in [0.05, 0.1) is 5.69 Å². The van der Waals surface area contributed by atoms with Crippen LogP contribution >= 0.6 is 0 Å². The fourth-order valence-electron chi connectivity index (χ4n) is 1.46. The van der Waals surface area contributed by atoms with E-state index in [1.54, 1.807) is 18.5 Å². The molecule has 0 saturated heterocycles. The molecule has 2 aromatic rings. The molecule has 0 radical (unpaired) electrons. The van der Waals surface area contributed by atoms with Crippen LogP contribution < -0.4 is 5.73 Å². The first-order valence-corrected chi connectivity index (χ1v) is 4.73. The molecule has 0 aliphatic rings. The third-order valence-electron chi connectivity index (χ3n) is 2.05. The predicted octanol–water partition coefficient (Wildman–Crippen LogP) is 1.35. The molecule has 0 atom stereocenters. The zero-order valence-corrected chi connectivity index (χ0v) is 8.51. The number of rotatable bonds is 2. The summed E-state index contributed by atoms with van der Waals surface area (Å²) < 4.78 is 0. The maximum atomic E-state index is 5.65. The van der Waals surface area contributed by atoms with Gasteiger partial charge >= 0.3 is 0 Å². The van der Waals surface area contributed by atoms with Crippen molar-refractivity contribution in [1.82, 2.24) is 15.0 Å². The standard InChI is InChI=1S/C11H12N4/c1-8-14-10(7-11(12)15-8)6-9-2-4-13-5-3-9/h2-5,7H,6H2,1H3,(H2,12,14,15). The van der Waals surface area contributed by atoms with Crippen LogP contribution in [-0.2, 0) is 6.42 Å². The quantitative estimate of drug-likeness (QED) is 0.794. The van der Waals surface area contributed by atoms with Crippen LogP contribution in [0.3, 0.4) is 0 Å². The Bertz CT molecular complexity index is 433. The molecule has 0 aliphatic carbocycles. The maximum Gasteiger partial charge on any atom is 0.127 e. The van der Waals surface area contributed by atoms with E-state index in [-0.39, 0.29) is 0 Å². The van der Waals surface area contributed by atoms with Crippen molar-refractivity contribution in [3.05, 3.63) is 47.7 Å². The lowest BCUT2D eigenvalue weighted by molar-refractivity contribution is 0.972. The van der Waals surface area contributed by atoms with Gasteiger partial charge in [-0.3, -0.25) is 4.98 Å². The first-order valence-electron chi connectivity index (χ1n) is 4.73. The van der Waals surface area contributed by atoms with E-state index in [9.17, 15) is 0 Å². The fourth-order valence-corrected chi connectivity index (χ4v) is 1.46. The number of anilines is 1. The highest BCUT2D eigenvalue weighted by Crippen LogP contribution is 2.08. The fraction of sp³-hybridized carbons (Fsp3) is 0.182. The third kappa shape index (κ3) is 2.49. The van der Waals surface area contributed by atoms with E-state index in [0.717, 1.165) is 12.1 Å². The van der Waals surface area contributed by atoms with Crippen molar-refractivity contribution < 1.29 is 0 Å². The normalized spacial score (nSPS) is 10.2. The number of pyridine rings is 1. The summed E-state index contributed by atoms with van der Waals surface area (Å²) in [6.07, 6.45) is 4.30. The Hall–Kier alpha value is -1.97. The zero-order chi connectivity index (χ0) is 10.7. The van der Waals surface area contributed by atoms with Crippen molar-refractivity contribution in [2.24, 2.45) is 0 Å². The minimum atomic E-state index is 0.520. The van der Waals surface area contributed by atoms with Gasteiger partial charge in [-0.15, -0.1) is 0 Å². The Labute approximate surface area is 88.2 Å². The Kier molecular flexibility index (Phi) is 2.58. The summed E-state index contributed by atoms with van der Waals surface area (Å²) >= 11 is 0. The number of hydrogen-bond donors (Lipinski definition) is 1. The Morgan fingerprint density at radius 1 is 1.20 bits per heavy atom. The molecule has 2 N–H and O–H groups in total. The van der Waals surface area contributed by atoms with E-state index in [2.05, 4.69) is 15.0 Å². The van der Waals surface area contributed by atoms with Crippen molar-refractivity contribution in [2.75, 3.05) is 5.73 Å². The van der Waals surface area contributed by atoms with Crippen LogP contribution in [0.25, 0.3) is 0 Å². The molecule has 0 aromatic carbocycles. The van der Waals surface area contributed by atoms with E-state index < -0.39 is 0 Å². The number of nitrogen functional groups attached to an aromatic ring is 1. The van der Waals surface area contributed by atoms with Crippen LogP contribution in [-0.4, -0.2) is 15.0 Å². The van der Waals surface area contributed by atoms with Crippen LogP contribution in [0.1, 0.15) is 17.1 Å². The third-order valence-corrected chi connectivity index (χ3v) is 2.05. The Morgan fingerprint density at radius 2 is 1.93 bits per heavy atom. The highest BCUT2D eigenvalue weighted by Gasteiger charge is 2.00. The van der Waals surface area contributed by atoms with E-state index >= 15 is 0 Å². The lowest BCUT2D eigenvalue weighted by atomic mass is 10.1. The van der Waals surface area contributed by atoms with Gasteiger partial charge in [-0.05, 0) is 24.6 Å². The highest BCUT2D eigenvalue weighted by molar-refractivity contribution is 5.32. The molecule has 4 heteroatoms. The summed E-state index contributed by atoms with van der Waals surface area (Å²) in [5.41, 5.74) is 7.75. The first kappa shape index (κ1) is 9.58. The molecule has 0 amide bonds. The molecule has 0 spiro atoms. The minimum Gasteiger partial charge on any atom is -0.384 e. The molecule has 15 heavy (non-hydrogen) atoms.